The highest BCUT2D eigenvalue weighted by Crippen LogP contribution is 2.27. The quantitative estimate of drug-likeness (QED) is 0.0643. The first kappa shape index (κ1) is 32.6. The number of nitrogens with one attached hydrogen (secondary N) is 2. The summed E-state index contributed by atoms with van der Waals surface area (Å²) in [7, 11) is 3.85. The molecular weight excluding hydrogens is 627 g/mol. The Bertz CT molecular complexity index is 2260. The van der Waals surface area contributed by atoms with Crippen LogP contribution < -0.4 is 10.6 Å². The molecule has 2 N–H and O–H groups in total. The summed E-state index contributed by atoms with van der Waals surface area (Å²) in [4.78, 5) is 41.0. The first-order chi connectivity index (χ1) is 23.6. The van der Waals surface area contributed by atoms with Gasteiger partial charge in [0.25, 0.3) is 0 Å². The van der Waals surface area contributed by atoms with E-state index < -0.39 is 4.92 Å². The van der Waals surface area contributed by atoms with Gasteiger partial charge >= 0.3 is 5.82 Å². The predicted molar refractivity (Wildman–Crippen MR) is 185 cm³/mol. The van der Waals surface area contributed by atoms with Crippen molar-refractivity contribution in [2.75, 3.05) is 37.8 Å². The predicted octanol–water partition coefficient (Wildman–Crippen LogP) is 5.23. The number of carbonyl (C=O) groups excluding carboxylic acids is 1. The standard InChI is InChI=1S/C35H31FN10O3/c1-4-7-27-16-25(35(42-27)45(48)49)21-46(2,3)13-6-10-33(47)43-32-17-29-30(19-37-32)38-22-39-34(29)41-28-11-12-31-24(15-28)18-40-44(31)20-23-8-5-9-26(36)14-23/h5-6,8-12,14-15,17-19,22H,13,16,20-21H2,1-3H3,(H-,37,38,39,41,43,47)/p+1/b10-6+. The Kier molecular flexibility index (Phi) is 9.18. The molecule has 0 radical (unpaired) electrons. The number of nitrogens with zero attached hydrogens (tertiary/aromatic N) is 8. The monoisotopic (exact) mass is 659 g/mol. The molecule has 0 bridgehead atoms. The van der Waals surface area contributed by atoms with E-state index in [-0.39, 0.29) is 17.5 Å². The molecule has 3 aromatic heterocycles. The molecule has 1 aliphatic heterocycles. The van der Waals surface area contributed by atoms with Crippen molar-refractivity contribution in [1.82, 2.24) is 24.7 Å². The van der Waals surface area contributed by atoms with E-state index in [0.717, 1.165) is 22.2 Å². The number of carbonyl (C=O) groups is 1. The molecule has 0 saturated carbocycles. The van der Waals surface area contributed by atoms with Gasteiger partial charge in [0.2, 0.25) is 11.6 Å². The summed E-state index contributed by atoms with van der Waals surface area (Å²) in [6, 6.07) is 13.9. The van der Waals surface area contributed by atoms with Gasteiger partial charge in [-0.15, -0.1) is 0 Å². The Morgan fingerprint density at radius 3 is 2.80 bits per heavy atom. The lowest BCUT2D eigenvalue weighted by atomic mass is 10.1. The molecule has 1 aliphatic rings. The van der Waals surface area contributed by atoms with Crippen molar-refractivity contribution in [2.24, 2.45) is 4.99 Å². The Morgan fingerprint density at radius 1 is 1.14 bits per heavy atom. The average molecular weight is 660 g/mol. The lowest BCUT2D eigenvalue weighted by molar-refractivity contribution is -0.880. The SMILES string of the molecule is CC#CC1=NC([N+](=O)[O-])=C(C[N+](C)(C)C/C=C/C(=O)Nc2cc3c(Nc4ccc5c(cnn5Cc5cccc(F)c5)c4)ncnc3cn2)C1. The first-order valence-corrected chi connectivity index (χ1v) is 15.3. The van der Waals surface area contributed by atoms with Gasteiger partial charge in [0.1, 0.15) is 30.3 Å². The van der Waals surface area contributed by atoms with Gasteiger partial charge in [-0.1, -0.05) is 18.1 Å². The number of quaternary nitrogens is 1. The number of pyridine rings is 1. The molecule has 49 heavy (non-hydrogen) atoms. The number of amides is 1. The topological polar surface area (TPSA) is 153 Å². The molecular formula is C35H32FN10O3+. The van der Waals surface area contributed by atoms with Crippen LogP contribution in [-0.4, -0.2) is 72.9 Å². The Hall–Kier alpha value is -6.33. The second-order valence-electron chi connectivity index (χ2n) is 12.1. The number of benzene rings is 2. The second kappa shape index (κ2) is 13.8. The van der Waals surface area contributed by atoms with E-state index in [1.54, 1.807) is 37.5 Å². The second-order valence-corrected chi connectivity index (χ2v) is 12.1. The lowest BCUT2D eigenvalue weighted by Crippen LogP contribution is -2.41. The van der Waals surface area contributed by atoms with Crippen LogP contribution in [0.2, 0.25) is 0 Å². The maximum absolute atomic E-state index is 13.7. The van der Waals surface area contributed by atoms with Crippen molar-refractivity contribution in [3.05, 3.63) is 112 Å². The molecule has 14 heteroatoms. The summed E-state index contributed by atoms with van der Waals surface area (Å²) in [5, 5.41) is 23.7. The number of fused-ring (bicyclic) bond motifs is 2. The summed E-state index contributed by atoms with van der Waals surface area (Å²) in [5.74, 6) is 5.58. The van der Waals surface area contributed by atoms with Crippen LogP contribution >= 0.6 is 0 Å². The van der Waals surface area contributed by atoms with Crippen molar-refractivity contribution >= 4 is 50.7 Å². The summed E-state index contributed by atoms with van der Waals surface area (Å²) < 4.78 is 15.9. The van der Waals surface area contributed by atoms with Gasteiger partial charge in [0, 0.05) is 22.5 Å². The average Bonchev–Trinajstić information content (AvgIpc) is 3.64. The molecule has 0 unspecified atom stereocenters. The number of halogens is 1. The van der Waals surface area contributed by atoms with Crippen LogP contribution in [0.25, 0.3) is 21.8 Å². The highest BCUT2D eigenvalue weighted by molar-refractivity contribution is 6.04. The number of nitro groups is 1. The van der Waals surface area contributed by atoms with E-state index >= 15 is 0 Å². The smallest absolute Gasteiger partial charge is 0.358 e. The zero-order valence-electron chi connectivity index (χ0n) is 27.0. The summed E-state index contributed by atoms with van der Waals surface area (Å²) in [6.45, 7) is 2.93. The van der Waals surface area contributed by atoms with Crippen LogP contribution in [0.4, 0.5) is 21.7 Å². The largest absolute Gasteiger partial charge is 0.369 e. The molecule has 0 saturated heterocycles. The molecule has 6 rings (SSSR count). The third-order valence-electron chi connectivity index (χ3n) is 7.77. The van der Waals surface area contributed by atoms with Crippen molar-refractivity contribution in [2.45, 2.75) is 19.9 Å². The number of rotatable bonds is 11. The van der Waals surface area contributed by atoms with Crippen molar-refractivity contribution in [1.29, 1.82) is 0 Å². The number of hydrogen-bond donors (Lipinski definition) is 2. The van der Waals surface area contributed by atoms with Crippen LogP contribution in [0.5, 0.6) is 0 Å². The maximum Gasteiger partial charge on any atom is 0.369 e. The molecule has 246 valence electrons. The number of aliphatic imine (C=N–C) groups is 1. The van der Waals surface area contributed by atoms with Gasteiger partial charge in [0.05, 0.1) is 62.6 Å². The lowest BCUT2D eigenvalue weighted by Gasteiger charge is -2.28. The number of likely N-dealkylation sites (N-methyl/N-ethyl adjacent to an activating group) is 1. The molecule has 4 heterocycles. The van der Waals surface area contributed by atoms with Crippen LogP contribution in [-0.2, 0) is 11.3 Å². The van der Waals surface area contributed by atoms with E-state index in [1.807, 2.05) is 43.0 Å². The number of aromatic nitrogens is 5. The van der Waals surface area contributed by atoms with Gasteiger partial charge in [-0.2, -0.15) is 5.10 Å². The molecule has 0 atom stereocenters. The van der Waals surface area contributed by atoms with E-state index in [9.17, 15) is 19.3 Å². The maximum atomic E-state index is 13.7. The highest BCUT2D eigenvalue weighted by Gasteiger charge is 2.32. The van der Waals surface area contributed by atoms with E-state index in [2.05, 4.69) is 47.5 Å². The summed E-state index contributed by atoms with van der Waals surface area (Å²) in [6.07, 6.45) is 8.22. The Labute approximate surface area is 280 Å². The van der Waals surface area contributed by atoms with Crippen molar-refractivity contribution in [3.8, 4) is 11.8 Å². The van der Waals surface area contributed by atoms with Crippen LogP contribution in [0.1, 0.15) is 18.9 Å². The van der Waals surface area contributed by atoms with Gasteiger partial charge in [-0.3, -0.25) is 9.48 Å². The number of anilines is 3. The third kappa shape index (κ3) is 7.80. The molecule has 1 amide bonds. The molecule has 0 spiro atoms. The van der Waals surface area contributed by atoms with Gasteiger partial charge < -0.3 is 25.2 Å². The van der Waals surface area contributed by atoms with Gasteiger partial charge in [-0.05, 0) is 70.8 Å². The normalized spacial score (nSPS) is 13.1. The molecule has 0 fully saturated rings. The Morgan fingerprint density at radius 2 is 2.00 bits per heavy atom. The van der Waals surface area contributed by atoms with E-state index in [4.69, 9.17) is 0 Å². The fraction of sp³-hybridized carbons (Fsp3) is 0.200. The fourth-order valence-electron chi connectivity index (χ4n) is 5.60. The van der Waals surface area contributed by atoms with Crippen LogP contribution in [0, 0.1) is 27.8 Å². The molecule has 13 nitrogen and oxygen atoms in total. The fourth-order valence-corrected chi connectivity index (χ4v) is 5.60. The van der Waals surface area contributed by atoms with E-state index in [1.165, 1.54) is 24.5 Å². The Balaban J connectivity index is 1.11. The number of hydrogen-bond acceptors (Lipinski definition) is 9. The molecule has 5 aromatic rings. The zero-order chi connectivity index (χ0) is 34.5. The van der Waals surface area contributed by atoms with E-state index in [0.29, 0.717) is 64.4 Å². The first-order valence-electron chi connectivity index (χ1n) is 15.3. The molecule has 0 aliphatic carbocycles. The minimum Gasteiger partial charge on any atom is -0.358 e. The molecule has 2 aromatic carbocycles. The highest BCUT2D eigenvalue weighted by atomic mass is 19.1. The zero-order valence-corrected chi connectivity index (χ0v) is 27.0. The minimum absolute atomic E-state index is 0.153. The van der Waals surface area contributed by atoms with Crippen molar-refractivity contribution in [3.63, 3.8) is 0 Å². The van der Waals surface area contributed by atoms with Gasteiger partial charge in [0.15, 0.2) is 0 Å². The third-order valence-corrected chi connectivity index (χ3v) is 7.77. The van der Waals surface area contributed by atoms with Crippen molar-refractivity contribution < 1.29 is 18.6 Å². The van der Waals surface area contributed by atoms with Crippen LogP contribution in [0.3, 0.4) is 0 Å². The summed E-state index contributed by atoms with van der Waals surface area (Å²) in [5.41, 5.74) is 4.15. The van der Waals surface area contributed by atoms with Crippen LogP contribution in [0.15, 0.2) is 95.8 Å². The minimum atomic E-state index is -0.475. The van der Waals surface area contributed by atoms with Gasteiger partial charge in [-0.25, -0.2) is 19.3 Å². The summed E-state index contributed by atoms with van der Waals surface area (Å²) >= 11 is 0.